The second kappa shape index (κ2) is 8.91. The number of aromatic nitrogens is 1. The maximum absolute atomic E-state index is 12.2. The van der Waals surface area contributed by atoms with Crippen LogP contribution in [0.1, 0.15) is 5.56 Å². The van der Waals surface area contributed by atoms with Crippen LogP contribution in [0.3, 0.4) is 0 Å². The summed E-state index contributed by atoms with van der Waals surface area (Å²) in [6.07, 6.45) is 5.66. The van der Waals surface area contributed by atoms with E-state index in [0.717, 1.165) is 27.8 Å². The molecule has 130 valence electrons. The molecule has 1 aromatic heterocycles. The first-order chi connectivity index (χ1) is 11.7. The molecule has 1 heterocycles. The minimum Gasteiger partial charge on any atom is -0.351 e. The average molecular weight is 466 g/mol. The molecule has 0 saturated carbocycles. The van der Waals surface area contributed by atoms with Gasteiger partial charge in [0, 0.05) is 48.0 Å². The summed E-state index contributed by atoms with van der Waals surface area (Å²) in [6, 6.07) is 15.1. The van der Waals surface area contributed by atoms with Crippen LogP contribution >= 0.6 is 35.9 Å². The summed E-state index contributed by atoms with van der Waals surface area (Å²) in [5, 5.41) is 6.78. The molecule has 0 unspecified atom stereocenters. The summed E-state index contributed by atoms with van der Waals surface area (Å²) >= 11 is 1.39. The number of hydrogen-bond donors (Lipinski definition) is 2. The molecule has 25 heavy (non-hydrogen) atoms. The van der Waals surface area contributed by atoms with Crippen LogP contribution in [-0.2, 0) is 7.05 Å². The molecule has 0 radical (unpaired) electrons. The van der Waals surface area contributed by atoms with Gasteiger partial charge >= 0.3 is 6.03 Å². The van der Waals surface area contributed by atoms with Crippen LogP contribution in [0.2, 0.25) is 0 Å². The molecule has 2 amide bonds. The molecule has 7 heteroatoms. The summed E-state index contributed by atoms with van der Waals surface area (Å²) in [7, 11) is 2.00. The summed E-state index contributed by atoms with van der Waals surface area (Å²) in [4.78, 5) is 12.2. The number of carbonyl (C=O) groups excluding carboxylic acids is 1. The molecule has 2 N–H and O–H groups in total. The SMILES string of the molecule is CSN=Cc1cccc(NC(=O)Nc2ccc3c(ccn3C)c2)c1.I. The van der Waals surface area contributed by atoms with E-state index in [4.69, 9.17) is 0 Å². The third-order valence-corrected chi connectivity index (χ3v) is 3.91. The highest BCUT2D eigenvalue weighted by Crippen LogP contribution is 2.20. The lowest BCUT2D eigenvalue weighted by Gasteiger charge is -2.08. The first-order valence-electron chi connectivity index (χ1n) is 7.45. The zero-order valence-electron chi connectivity index (χ0n) is 13.9. The standard InChI is InChI=1S/C18H18N4OS.HI/c1-22-9-8-14-11-16(6-7-17(14)22)21-18(23)20-15-5-3-4-13(10-15)12-19-24-2;/h3-12H,1-2H3,(H2,20,21,23);1H. The number of fused-ring (bicyclic) bond motifs is 1. The molecular formula is C18H19IN4OS. The molecule has 0 atom stereocenters. The minimum atomic E-state index is -0.274. The summed E-state index contributed by atoms with van der Waals surface area (Å²) in [5.74, 6) is 0. The summed E-state index contributed by atoms with van der Waals surface area (Å²) in [5.41, 5.74) is 3.54. The molecule has 0 aliphatic carbocycles. The lowest BCUT2D eigenvalue weighted by Crippen LogP contribution is -2.19. The zero-order chi connectivity index (χ0) is 16.9. The van der Waals surface area contributed by atoms with Gasteiger partial charge < -0.3 is 15.2 Å². The highest BCUT2D eigenvalue weighted by molar-refractivity contribution is 14.0. The van der Waals surface area contributed by atoms with Crippen molar-refractivity contribution in [3.05, 3.63) is 60.3 Å². The molecule has 0 bridgehead atoms. The Hall–Kier alpha value is -2.00. The molecule has 3 aromatic rings. The number of benzene rings is 2. The Kier molecular flexibility index (Phi) is 6.89. The van der Waals surface area contributed by atoms with Crippen molar-refractivity contribution in [2.45, 2.75) is 0 Å². The molecule has 0 spiro atoms. The third kappa shape index (κ3) is 4.99. The Morgan fingerprint density at radius 3 is 2.64 bits per heavy atom. The Bertz CT molecular complexity index is 907. The molecule has 0 aliphatic rings. The van der Waals surface area contributed by atoms with Crippen LogP contribution < -0.4 is 10.6 Å². The van der Waals surface area contributed by atoms with Crippen molar-refractivity contribution in [2.75, 3.05) is 16.9 Å². The summed E-state index contributed by atoms with van der Waals surface area (Å²) < 4.78 is 6.16. The van der Waals surface area contributed by atoms with E-state index in [1.54, 1.807) is 6.21 Å². The van der Waals surface area contributed by atoms with Crippen LogP contribution in [0, 0.1) is 0 Å². The highest BCUT2D eigenvalue weighted by atomic mass is 127. The number of carbonyl (C=O) groups is 1. The van der Waals surface area contributed by atoms with E-state index in [1.165, 1.54) is 11.9 Å². The van der Waals surface area contributed by atoms with Crippen LogP contribution in [0.25, 0.3) is 10.9 Å². The fourth-order valence-electron chi connectivity index (χ4n) is 2.46. The number of nitrogens with one attached hydrogen (secondary N) is 2. The van der Waals surface area contributed by atoms with Crippen LogP contribution in [0.5, 0.6) is 0 Å². The number of aryl methyl sites for hydroxylation is 1. The van der Waals surface area contributed by atoms with Gasteiger partial charge in [-0.3, -0.25) is 0 Å². The second-order valence-electron chi connectivity index (χ2n) is 5.32. The van der Waals surface area contributed by atoms with Crippen molar-refractivity contribution < 1.29 is 4.79 Å². The highest BCUT2D eigenvalue weighted by Gasteiger charge is 2.05. The predicted molar refractivity (Wildman–Crippen MR) is 119 cm³/mol. The second-order valence-corrected chi connectivity index (χ2v) is 5.90. The third-order valence-electron chi connectivity index (χ3n) is 3.59. The minimum absolute atomic E-state index is 0. The van der Waals surface area contributed by atoms with Crippen molar-refractivity contribution >= 4 is 70.4 Å². The average Bonchev–Trinajstić information content (AvgIpc) is 2.94. The van der Waals surface area contributed by atoms with Crippen molar-refractivity contribution in [3.8, 4) is 0 Å². The fourth-order valence-corrected chi connectivity index (χ4v) is 2.69. The van der Waals surface area contributed by atoms with Gasteiger partial charge in [0.2, 0.25) is 0 Å². The Labute approximate surface area is 168 Å². The van der Waals surface area contributed by atoms with Gasteiger partial charge in [-0.1, -0.05) is 12.1 Å². The quantitative estimate of drug-likeness (QED) is 0.318. The van der Waals surface area contributed by atoms with Crippen LogP contribution in [-0.4, -0.2) is 23.1 Å². The van der Waals surface area contributed by atoms with E-state index in [-0.39, 0.29) is 30.0 Å². The van der Waals surface area contributed by atoms with Gasteiger partial charge in [0.15, 0.2) is 0 Å². The van der Waals surface area contributed by atoms with Gasteiger partial charge in [-0.05, 0) is 53.9 Å². The molecule has 0 fully saturated rings. The Morgan fingerprint density at radius 1 is 1.12 bits per heavy atom. The van der Waals surface area contributed by atoms with E-state index < -0.39 is 0 Å². The lowest BCUT2D eigenvalue weighted by atomic mass is 10.2. The molecular weight excluding hydrogens is 447 g/mol. The number of urea groups is 1. The molecule has 5 nitrogen and oxygen atoms in total. The first-order valence-corrected chi connectivity index (χ1v) is 8.63. The predicted octanol–water partition coefficient (Wildman–Crippen LogP) is 5.14. The van der Waals surface area contributed by atoms with E-state index in [9.17, 15) is 4.79 Å². The van der Waals surface area contributed by atoms with Gasteiger partial charge in [-0.25, -0.2) is 9.19 Å². The lowest BCUT2D eigenvalue weighted by molar-refractivity contribution is 0.262. The molecule has 2 aromatic carbocycles. The molecule has 0 saturated heterocycles. The topological polar surface area (TPSA) is 58.4 Å². The first kappa shape index (κ1) is 19.3. The normalized spacial score (nSPS) is 10.6. The van der Waals surface area contributed by atoms with Crippen molar-refractivity contribution in [3.63, 3.8) is 0 Å². The number of halogens is 1. The largest absolute Gasteiger partial charge is 0.351 e. The van der Waals surface area contributed by atoms with E-state index >= 15 is 0 Å². The number of hydrogen-bond acceptors (Lipinski definition) is 3. The van der Waals surface area contributed by atoms with Gasteiger partial charge in [0.1, 0.15) is 0 Å². The van der Waals surface area contributed by atoms with Gasteiger partial charge in [-0.2, -0.15) is 0 Å². The van der Waals surface area contributed by atoms with Crippen LogP contribution in [0.4, 0.5) is 16.2 Å². The number of anilines is 2. The van der Waals surface area contributed by atoms with Gasteiger partial charge in [0.05, 0.1) is 0 Å². The molecule has 0 aliphatic heterocycles. The van der Waals surface area contributed by atoms with E-state index in [1.807, 2.05) is 72.6 Å². The van der Waals surface area contributed by atoms with Gasteiger partial charge in [-0.15, -0.1) is 24.0 Å². The summed E-state index contributed by atoms with van der Waals surface area (Å²) in [6.45, 7) is 0. The number of nitrogens with zero attached hydrogens (tertiary/aromatic N) is 2. The number of amides is 2. The van der Waals surface area contributed by atoms with Gasteiger partial charge in [0.25, 0.3) is 0 Å². The van der Waals surface area contributed by atoms with Crippen molar-refractivity contribution in [2.24, 2.45) is 11.4 Å². The zero-order valence-corrected chi connectivity index (χ0v) is 17.0. The number of rotatable bonds is 4. The monoisotopic (exact) mass is 466 g/mol. The molecule has 3 rings (SSSR count). The van der Waals surface area contributed by atoms with E-state index in [2.05, 4.69) is 15.0 Å². The van der Waals surface area contributed by atoms with Crippen molar-refractivity contribution in [1.29, 1.82) is 0 Å². The maximum atomic E-state index is 12.2. The Morgan fingerprint density at radius 2 is 1.88 bits per heavy atom. The Balaban J connectivity index is 0.00000225. The fraction of sp³-hybridized carbons (Fsp3) is 0.111. The maximum Gasteiger partial charge on any atom is 0.323 e. The van der Waals surface area contributed by atoms with E-state index in [0.29, 0.717) is 0 Å². The smallest absolute Gasteiger partial charge is 0.323 e. The van der Waals surface area contributed by atoms with Crippen molar-refractivity contribution in [1.82, 2.24) is 4.57 Å². The van der Waals surface area contributed by atoms with Crippen LogP contribution in [0.15, 0.2) is 59.1 Å².